The third-order valence-electron chi connectivity index (χ3n) is 3.48. The number of rotatable bonds is 6. The van der Waals surface area contributed by atoms with Gasteiger partial charge in [0, 0.05) is 6.07 Å². The number of ether oxygens (including phenoxy) is 2. The molecule has 0 atom stereocenters. The van der Waals surface area contributed by atoms with Crippen LogP contribution in [-0.4, -0.2) is 22.2 Å². The summed E-state index contributed by atoms with van der Waals surface area (Å²) in [5.41, 5.74) is 1.41. The van der Waals surface area contributed by atoms with Crippen LogP contribution in [0.5, 0.6) is 11.5 Å². The average molecular weight is 341 g/mol. The summed E-state index contributed by atoms with van der Waals surface area (Å²) in [6.45, 7) is 1.75. The Hall–Kier alpha value is -3.42. The zero-order valence-corrected chi connectivity index (χ0v) is 13.6. The van der Waals surface area contributed by atoms with Gasteiger partial charge in [-0.3, -0.25) is 10.1 Å². The summed E-state index contributed by atoms with van der Waals surface area (Å²) < 4.78 is 15.9. The molecule has 2 aromatic carbocycles. The molecule has 0 aliphatic carbocycles. The van der Waals surface area contributed by atoms with Crippen LogP contribution in [0.1, 0.15) is 11.5 Å². The van der Waals surface area contributed by atoms with Gasteiger partial charge < -0.3 is 14.0 Å². The lowest BCUT2D eigenvalue weighted by Gasteiger charge is -2.05. The van der Waals surface area contributed by atoms with Crippen molar-refractivity contribution in [3.63, 3.8) is 0 Å². The topological polar surface area (TPSA) is 101 Å². The van der Waals surface area contributed by atoms with Crippen LogP contribution in [0.15, 0.2) is 47.0 Å². The number of hydrogen-bond donors (Lipinski definition) is 0. The maximum absolute atomic E-state index is 11.1. The van der Waals surface area contributed by atoms with Gasteiger partial charge in [0.2, 0.25) is 5.82 Å². The molecule has 0 aliphatic rings. The molecule has 25 heavy (non-hydrogen) atoms. The summed E-state index contributed by atoms with van der Waals surface area (Å²) in [6.07, 6.45) is 0. The quantitative estimate of drug-likeness (QED) is 0.499. The van der Waals surface area contributed by atoms with Gasteiger partial charge in [0.25, 0.3) is 5.89 Å². The van der Waals surface area contributed by atoms with Crippen molar-refractivity contribution in [2.45, 2.75) is 13.5 Å². The van der Waals surface area contributed by atoms with Crippen LogP contribution < -0.4 is 9.47 Å². The first-order chi connectivity index (χ1) is 12.1. The fourth-order valence-electron chi connectivity index (χ4n) is 2.28. The molecular formula is C17H15N3O5. The van der Waals surface area contributed by atoms with Gasteiger partial charge in [-0.2, -0.15) is 4.98 Å². The number of nitro benzene ring substituents is 1. The highest BCUT2D eigenvalue weighted by atomic mass is 16.6. The molecule has 8 heteroatoms. The molecule has 0 radical (unpaired) electrons. The highest BCUT2D eigenvalue weighted by Crippen LogP contribution is 2.29. The maximum Gasteiger partial charge on any atom is 0.310 e. The van der Waals surface area contributed by atoms with Gasteiger partial charge in [-0.05, 0) is 30.7 Å². The largest absolute Gasteiger partial charge is 0.496 e. The summed E-state index contributed by atoms with van der Waals surface area (Å²) in [5.74, 6) is 1.33. The van der Waals surface area contributed by atoms with E-state index in [1.807, 2.05) is 19.1 Å². The minimum atomic E-state index is -0.497. The first-order valence-corrected chi connectivity index (χ1v) is 7.42. The second kappa shape index (κ2) is 7.00. The molecule has 0 bridgehead atoms. The van der Waals surface area contributed by atoms with Crippen molar-refractivity contribution in [2.75, 3.05) is 7.11 Å². The molecule has 0 aliphatic heterocycles. The van der Waals surface area contributed by atoms with Crippen molar-refractivity contribution < 1.29 is 18.9 Å². The predicted molar refractivity (Wildman–Crippen MR) is 88.5 cm³/mol. The number of aromatic nitrogens is 2. The van der Waals surface area contributed by atoms with E-state index >= 15 is 0 Å². The zero-order chi connectivity index (χ0) is 17.8. The minimum Gasteiger partial charge on any atom is -0.496 e. The molecule has 0 saturated carbocycles. The van der Waals surface area contributed by atoms with E-state index in [9.17, 15) is 10.1 Å². The SMILES string of the molecule is COc1ccccc1-c1noc(COc2cc(C)ccc2[N+](=O)[O-])n1. The Morgan fingerprint density at radius 3 is 2.76 bits per heavy atom. The number of para-hydroxylation sites is 1. The average Bonchev–Trinajstić information content (AvgIpc) is 3.08. The molecule has 3 rings (SSSR count). The van der Waals surface area contributed by atoms with E-state index in [0.717, 1.165) is 5.56 Å². The summed E-state index contributed by atoms with van der Waals surface area (Å²) in [7, 11) is 1.56. The van der Waals surface area contributed by atoms with Crippen molar-refractivity contribution in [2.24, 2.45) is 0 Å². The molecule has 0 spiro atoms. The van der Waals surface area contributed by atoms with Crippen molar-refractivity contribution in [1.82, 2.24) is 10.1 Å². The molecule has 128 valence electrons. The van der Waals surface area contributed by atoms with E-state index in [1.54, 1.807) is 31.4 Å². The standard InChI is InChI=1S/C17H15N3O5/c1-11-7-8-13(20(21)22)15(9-11)24-10-16-18-17(19-25-16)12-5-3-4-6-14(12)23-2/h3-9H,10H2,1-2H3. The molecule has 0 unspecified atom stereocenters. The lowest BCUT2D eigenvalue weighted by molar-refractivity contribution is -0.386. The van der Waals surface area contributed by atoms with Gasteiger partial charge in [-0.15, -0.1) is 0 Å². The molecule has 8 nitrogen and oxygen atoms in total. The van der Waals surface area contributed by atoms with Gasteiger partial charge in [-0.1, -0.05) is 23.4 Å². The van der Waals surface area contributed by atoms with Gasteiger partial charge >= 0.3 is 5.69 Å². The van der Waals surface area contributed by atoms with Crippen LogP contribution >= 0.6 is 0 Å². The number of methoxy groups -OCH3 is 1. The van der Waals surface area contributed by atoms with Crippen molar-refractivity contribution >= 4 is 5.69 Å². The Morgan fingerprint density at radius 2 is 2.00 bits per heavy atom. The Kier molecular flexibility index (Phi) is 4.60. The predicted octanol–water partition coefficient (Wildman–Crippen LogP) is 3.54. The lowest BCUT2D eigenvalue weighted by Crippen LogP contribution is -2.00. The first kappa shape index (κ1) is 16.4. The van der Waals surface area contributed by atoms with Gasteiger partial charge in [-0.25, -0.2) is 0 Å². The number of aryl methyl sites for hydroxylation is 1. The van der Waals surface area contributed by atoms with Gasteiger partial charge in [0.05, 0.1) is 17.6 Å². The third kappa shape index (κ3) is 3.57. The number of benzene rings is 2. The second-order valence-electron chi connectivity index (χ2n) is 5.23. The van der Waals surface area contributed by atoms with Gasteiger partial charge in [0.1, 0.15) is 5.75 Å². The lowest BCUT2D eigenvalue weighted by atomic mass is 10.2. The van der Waals surface area contributed by atoms with E-state index in [0.29, 0.717) is 17.1 Å². The van der Waals surface area contributed by atoms with E-state index < -0.39 is 4.92 Å². The van der Waals surface area contributed by atoms with Gasteiger partial charge in [0.15, 0.2) is 12.4 Å². The Labute approximate surface area is 143 Å². The summed E-state index contributed by atoms with van der Waals surface area (Å²) in [4.78, 5) is 14.8. The molecular weight excluding hydrogens is 326 g/mol. The highest BCUT2D eigenvalue weighted by Gasteiger charge is 2.17. The summed E-state index contributed by atoms with van der Waals surface area (Å²) in [6, 6.07) is 11.9. The normalized spacial score (nSPS) is 10.5. The van der Waals surface area contributed by atoms with Crippen molar-refractivity contribution in [3.8, 4) is 22.9 Å². The van der Waals surface area contributed by atoms with Crippen LogP contribution in [0.2, 0.25) is 0 Å². The minimum absolute atomic E-state index is 0.0769. The Morgan fingerprint density at radius 1 is 1.20 bits per heavy atom. The van der Waals surface area contributed by atoms with Crippen molar-refractivity contribution in [1.29, 1.82) is 0 Å². The number of nitro groups is 1. The monoisotopic (exact) mass is 341 g/mol. The highest BCUT2D eigenvalue weighted by molar-refractivity contribution is 5.63. The van der Waals surface area contributed by atoms with E-state index in [2.05, 4.69) is 10.1 Å². The molecule has 3 aromatic rings. The number of nitrogens with zero attached hydrogens (tertiary/aromatic N) is 3. The smallest absolute Gasteiger partial charge is 0.310 e. The molecule has 0 fully saturated rings. The second-order valence-corrected chi connectivity index (χ2v) is 5.23. The summed E-state index contributed by atoms with van der Waals surface area (Å²) >= 11 is 0. The van der Waals surface area contributed by atoms with E-state index in [4.69, 9.17) is 14.0 Å². The third-order valence-corrected chi connectivity index (χ3v) is 3.48. The van der Waals surface area contributed by atoms with Crippen LogP contribution in [0.3, 0.4) is 0 Å². The van der Waals surface area contributed by atoms with Crippen LogP contribution in [0.4, 0.5) is 5.69 Å². The number of hydrogen-bond acceptors (Lipinski definition) is 7. The maximum atomic E-state index is 11.1. The first-order valence-electron chi connectivity index (χ1n) is 7.42. The summed E-state index contributed by atoms with van der Waals surface area (Å²) in [5, 5.41) is 15.0. The Bertz CT molecular complexity index is 907. The fourth-order valence-corrected chi connectivity index (χ4v) is 2.28. The Balaban J connectivity index is 1.79. The van der Waals surface area contributed by atoms with Crippen molar-refractivity contribution in [3.05, 3.63) is 64.0 Å². The van der Waals surface area contributed by atoms with E-state index in [1.165, 1.54) is 6.07 Å². The van der Waals surface area contributed by atoms with Crippen LogP contribution in [0, 0.1) is 17.0 Å². The molecule has 1 aromatic heterocycles. The molecule has 0 N–H and O–H groups in total. The molecule has 0 amide bonds. The van der Waals surface area contributed by atoms with Crippen LogP contribution in [0.25, 0.3) is 11.4 Å². The molecule has 0 saturated heterocycles. The fraction of sp³-hybridized carbons (Fsp3) is 0.176. The molecule has 1 heterocycles. The van der Waals surface area contributed by atoms with Crippen LogP contribution in [-0.2, 0) is 6.61 Å². The zero-order valence-electron chi connectivity index (χ0n) is 13.6. The van der Waals surface area contributed by atoms with E-state index in [-0.39, 0.29) is 23.9 Å².